The van der Waals surface area contributed by atoms with Crippen LogP contribution in [-0.2, 0) is 27.2 Å². The van der Waals surface area contributed by atoms with E-state index in [2.05, 4.69) is 13.4 Å². The summed E-state index contributed by atoms with van der Waals surface area (Å²) in [7, 11) is -11.2. The van der Waals surface area contributed by atoms with Crippen LogP contribution in [0.15, 0.2) is 21.9 Å². The van der Waals surface area contributed by atoms with Gasteiger partial charge in [0.1, 0.15) is 54.9 Å². The number of ether oxygens (including phenoxy) is 1. The van der Waals surface area contributed by atoms with Gasteiger partial charge in [-0.1, -0.05) is 0 Å². The number of phosphoric ester groups is 2. The molecule has 0 radical (unpaired) electrons. The van der Waals surface area contributed by atoms with E-state index in [0.717, 1.165) is 12.3 Å². The molecule has 19 nitrogen and oxygen atoms in total. The van der Waals surface area contributed by atoms with E-state index < -0.39 is 94.7 Å². The third kappa shape index (κ3) is 6.18. The monoisotopic (exact) mass is 566 g/mol. The van der Waals surface area contributed by atoms with Gasteiger partial charge in [0.15, 0.2) is 6.23 Å². The van der Waals surface area contributed by atoms with Crippen LogP contribution in [0.1, 0.15) is 6.23 Å². The maximum atomic E-state index is 12.2. The van der Waals surface area contributed by atoms with Crippen molar-refractivity contribution in [3.8, 4) is 0 Å². The summed E-state index contributed by atoms with van der Waals surface area (Å²) in [5, 5.41) is 68.7. The smallest absolute Gasteiger partial charge is 0.387 e. The summed E-state index contributed by atoms with van der Waals surface area (Å²) >= 11 is 0. The molecule has 21 heteroatoms. The predicted octanol–water partition coefficient (Wildman–Crippen LogP) is -5.41. The fourth-order valence-electron chi connectivity index (χ4n) is 3.54. The van der Waals surface area contributed by atoms with Crippen molar-refractivity contribution in [3.05, 3.63) is 33.1 Å². The van der Waals surface area contributed by atoms with E-state index >= 15 is 0 Å². The number of aliphatic hydroxyl groups excluding tert-OH is 7. The third-order valence-electron chi connectivity index (χ3n) is 5.40. The van der Waals surface area contributed by atoms with Crippen molar-refractivity contribution < 1.29 is 72.8 Å². The van der Waals surface area contributed by atoms with Gasteiger partial charge < -0.3 is 50.3 Å². The lowest BCUT2D eigenvalue weighted by molar-refractivity contribution is -0.219. The Morgan fingerprint density at radius 3 is 1.97 bits per heavy atom. The van der Waals surface area contributed by atoms with Gasteiger partial charge in [0, 0.05) is 12.3 Å². The first-order valence-electron chi connectivity index (χ1n) is 9.98. The largest absolute Gasteiger partial charge is 0.481 e. The average molecular weight is 566 g/mol. The number of H-pyrrole nitrogens is 1. The molecule has 12 atom stereocenters. The van der Waals surface area contributed by atoms with Crippen molar-refractivity contribution in [1.82, 2.24) is 9.55 Å². The summed E-state index contributed by atoms with van der Waals surface area (Å²) in [6.07, 6.45) is -18.9. The van der Waals surface area contributed by atoms with Gasteiger partial charge in [-0.05, 0) is 0 Å². The summed E-state index contributed by atoms with van der Waals surface area (Å²) < 4.78 is 43.1. The van der Waals surface area contributed by atoms with Crippen LogP contribution < -0.4 is 11.2 Å². The van der Waals surface area contributed by atoms with E-state index in [1.165, 1.54) is 0 Å². The number of nitrogens with zero attached hydrogens (tertiary/aromatic N) is 1. The first kappa shape index (κ1) is 29.2. The van der Waals surface area contributed by atoms with Gasteiger partial charge in [0.25, 0.3) is 5.56 Å². The molecule has 1 aliphatic carbocycles. The highest BCUT2D eigenvalue weighted by atomic mass is 31.3. The molecular formula is C15H24N2O17P2. The van der Waals surface area contributed by atoms with Crippen molar-refractivity contribution in [3.63, 3.8) is 0 Å². The highest BCUT2D eigenvalue weighted by Gasteiger charge is 2.52. The summed E-state index contributed by atoms with van der Waals surface area (Å²) in [5.41, 5.74) is -1.77. The van der Waals surface area contributed by atoms with Crippen LogP contribution in [0.2, 0.25) is 0 Å². The zero-order chi connectivity index (χ0) is 27.2. The SMILES string of the molecule is O=c1ccn([C@@H]2O[C@H](COP(=O)(O)OP(=O)(O)OC3[C@H](O)[C@H](O)C(O)[C@H](O)[C@H]3O)[C@@H](O)[C@H]2O)c(=O)[nH]1. The molecule has 4 unspecified atom stereocenters. The molecule has 0 amide bonds. The van der Waals surface area contributed by atoms with Crippen molar-refractivity contribution >= 4 is 15.6 Å². The lowest BCUT2D eigenvalue weighted by Crippen LogP contribution is -2.64. The van der Waals surface area contributed by atoms with E-state index in [0.29, 0.717) is 4.57 Å². The highest BCUT2D eigenvalue weighted by molar-refractivity contribution is 7.61. The molecule has 0 aromatic carbocycles. The second-order valence-electron chi connectivity index (χ2n) is 7.90. The Morgan fingerprint density at radius 1 is 0.861 bits per heavy atom. The number of rotatable bonds is 8. The van der Waals surface area contributed by atoms with Gasteiger partial charge in [0.2, 0.25) is 0 Å². The number of aromatic nitrogens is 2. The standard InChI is InChI=1S/C15H24N2O17P2/c18-5-1-2-17(15(26)16-5)14-12(25)6(19)4(32-14)3-31-35(27,28)34-36(29,30)33-13-10(23)8(21)7(20)9(22)11(13)24/h1-2,4,6-14,19-25H,3H2,(H,27,28)(H,29,30)(H,16,18,26)/t4-,6-,7?,8-,9+,10-,11-,12-,13?,14-/m1/s1. The molecule has 36 heavy (non-hydrogen) atoms. The lowest BCUT2D eigenvalue weighted by Gasteiger charge is -2.41. The zero-order valence-corrected chi connectivity index (χ0v) is 19.6. The Balaban J connectivity index is 1.63. The molecule has 0 spiro atoms. The van der Waals surface area contributed by atoms with E-state index in [9.17, 15) is 64.3 Å². The van der Waals surface area contributed by atoms with Crippen LogP contribution in [0.4, 0.5) is 0 Å². The van der Waals surface area contributed by atoms with Gasteiger partial charge in [-0.2, -0.15) is 4.31 Å². The molecule has 10 N–H and O–H groups in total. The summed E-state index contributed by atoms with van der Waals surface area (Å²) in [6, 6.07) is 0.918. The Kier molecular flexibility index (Phi) is 8.73. The molecule has 3 rings (SSSR count). The van der Waals surface area contributed by atoms with Gasteiger partial charge >= 0.3 is 21.3 Å². The molecule has 2 heterocycles. The molecule has 1 aliphatic heterocycles. The number of nitrogens with one attached hydrogen (secondary N) is 1. The predicted molar refractivity (Wildman–Crippen MR) is 109 cm³/mol. The van der Waals surface area contributed by atoms with Crippen molar-refractivity contribution in [1.29, 1.82) is 0 Å². The molecule has 1 saturated carbocycles. The molecular weight excluding hydrogens is 542 g/mol. The van der Waals surface area contributed by atoms with E-state index in [1.54, 1.807) is 0 Å². The minimum absolute atomic E-state index is 0.709. The van der Waals surface area contributed by atoms with Crippen molar-refractivity contribution in [2.75, 3.05) is 6.61 Å². The molecule has 1 aromatic rings. The van der Waals surface area contributed by atoms with Crippen molar-refractivity contribution in [2.24, 2.45) is 0 Å². The van der Waals surface area contributed by atoms with Gasteiger partial charge in [-0.15, -0.1) is 0 Å². The Morgan fingerprint density at radius 2 is 1.42 bits per heavy atom. The molecule has 0 bridgehead atoms. The molecule has 206 valence electrons. The van der Waals surface area contributed by atoms with Gasteiger partial charge in [-0.3, -0.25) is 23.4 Å². The summed E-state index contributed by atoms with van der Waals surface area (Å²) in [4.78, 5) is 44.5. The number of aliphatic hydroxyl groups is 7. The normalized spacial score (nSPS) is 40.5. The summed E-state index contributed by atoms with van der Waals surface area (Å²) in [6.45, 7) is -1.06. The molecule has 1 saturated heterocycles. The van der Waals surface area contributed by atoms with Crippen molar-refractivity contribution in [2.45, 2.75) is 61.2 Å². The topological polar surface area (TPSA) is 308 Å². The Labute approximate surface area is 199 Å². The van der Waals surface area contributed by atoms with Crippen LogP contribution in [-0.4, -0.2) is 117 Å². The zero-order valence-electron chi connectivity index (χ0n) is 17.8. The third-order valence-corrected chi connectivity index (χ3v) is 8.03. The number of phosphoric acid groups is 2. The van der Waals surface area contributed by atoms with Crippen LogP contribution in [0.5, 0.6) is 0 Å². The Bertz CT molecular complexity index is 1130. The quantitative estimate of drug-likeness (QED) is 0.131. The lowest BCUT2D eigenvalue weighted by atomic mass is 9.85. The van der Waals surface area contributed by atoms with Crippen LogP contribution in [0.3, 0.4) is 0 Å². The average Bonchev–Trinajstić information content (AvgIpc) is 3.06. The van der Waals surface area contributed by atoms with E-state index in [4.69, 9.17) is 4.74 Å². The second kappa shape index (κ2) is 10.8. The highest BCUT2D eigenvalue weighted by Crippen LogP contribution is 2.61. The minimum atomic E-state index is -5.68. The first-order chi connectivity index (χ1) is 16.5. The second-order valence-corrected chi connectivity index (χ2v) is 10.9. The van der Waals surface area contributed by atoms with Gasteiger partial charge in [0.05, 0.1) is 6.61 Å². The van der Waals surface area contributed by atoms with Gasteiger partial charge in [-0.25, -0.2) is 13.9 Å². The van der Waals surface area contributed by atoms with E-state index in [1.807, 2.05) is 4.98 Å². The Hall–Kier alpha value is -1.38. The van der Waals surface area contributed by atoms with Crippen LogP contribution in [0.25, 0.3) is 0 Å². The first-order valence-corrected chi connectivity index (χ1v) is 13.0. The summed E-state index contributed by atoms with van der Waals surface area (Å²) in [5.74, 6) is 0. The molecule has 2 aliphatic rings. The fraction of sp³-hybridized carbons (Fsp3) is 0.733. The van der Waals surface area contributed by atoms with Crippen LogP contribution in [0, 0.1) is 0 Å². The number of hydrogen-bond donors (Lipinski definition) is 10. The molecule has 1 aromatic heterocycles. The fourth-order valence-corrected chi connectivity index (χ4v) is 5.82. The van der Waals surface area contributed by atoms with Crippen LogP contribution >= 0.6 is 15.6 Å². The number of aromatic amines is 1. The minimum Gasteiger partial charge on any atom is -0.387 e. The maximum Gasteiger partial charge on any atom is 0.481 e. The maximum absolute atomic E-state index is 12.2. The van der Waals surface area contributed by atoms with E-state index in [-0.39, 0.29) is 0 Å². The molecule has 2 fully saturated rings. The number of hydrogen-bond acceptors (Lipinski definition) is 15.